The standard InChI is InChI=1S/C23H26N4O2/c1-4-27(5-2)21-16-19(24-22(26-21)17-12-8-7-9-13-17)23(28)25-18-14-10-11-15-20(18)29-6-3/h7-16H,4-6H2,1-3H3,(H,25,28). The van der Waals surface area contributed by atoms with E-state index in [9.17, 15) is 4.79 Å². The van der Waals surface area contributed by atoms with Gasteiger partial charge in [-0.15, -0.1) is 0 Å². The van der Waals surface area contributed by atoms with Gasteiger partial charge in [0.05, 0.1) is 12.3 Å². The number of amides is 1. The number of rotatable bonds is 8. The summed E-state index contributed by atoms with van der Waals surface area (Å²) >= 11 is 0. The normalized spacial score (nSPS) is 10.4. The van der Waals surface area contributed by atoms with Gasteiger partial charge in [-0.2, -0.15) is 0 Å². The molecule has 0 atom stereocenters. The van der Waals surface area contributed by atoms with E-state index in [1.165, 1.54) is 0 Å². The number of hydrogen-bond donors (Lipinski definition) is 1. The van der Waals surface area contributed by atoms with Gasteiger partial charge in [0, 0.05) is 24.7 Å². The van der Waals surface area contributed by atoms with E-state index >= 15 is 0 Å². The van der Waals surface area contributed by atoms with Crippen molar-refractivity contribution in [3.63, 3.8) is 0 Å². The van der Waals surface area contributed by atoms with Gasteiger partial charge in [0.1, 0.15) is 17.3 Å². The third-order valence-electron chi connectivity index (χ3n) is 4.50. The number of carbonyl (C=O) groups excluding carboxylic acids is 1. The molecule has 2 aromatic carbocycles. The highest BCUT2D eigenvalue weighted by Gasteiger charge is 2.17. The van der Waals surface area contributed by atoms with Crippen LogP contribution >= 0.6 is 0 Å². The van der Waals surface area contributed by atoms with Gasteiger partial charge in [0.15, 0.2) is 5.82 Å². The highest BCUT2D eigenvalue weighted by molar-refractivity contribution is 6.04. The van der Waals surface area contributed by atoms with Crippen LogP contribution < -0.4 is 15.0 Å². The van der Waals surface area contributed by atoms with E-state index in [1.807, 2.05) is 61.5 Å². The molecule has 0 unspecified atom stereocenters. The molecule has 1 heterocycles. The monoisotopic (exact) mass is 390 g/mol. The van der Waals surface area contributed by atoms with Crippen LogP contribution in [0.25, 0.3) is 11.4 Å². The van der Waals surface area contributed by atoms with E-state index in [0.29, 0.717) is 29.6 Å². The lowest BCUT2D eigenvalue weighted by molar-refractivity contribution is 0.102. The second kappa shape index (κ2) is 9.68. The Labute approximate surface area is 171 Å². The van der Waals surface area contributed by atoms with E-state index in [-0.39, 0.29) is 5.91 Å². The summed E-state index contributed by atoms with van der Waals surface area (Å²) in [5, 5.41) is 2.92. The Morgan fingerprint density at radius 3 is 2.34 bits per heavy atom. The zero-order valence-electron chi connectivity index (χ0n) is 17.1. The van der Waals surface area contributed by atoms with E-state index < -0.39 is 0 Å². The number of aromatic nitrogens is 2. The molecule has 0 aliphatic rings. The van der Waals surface area contributed by atoms with E-state index in [4.69, 9.17) is 9.72 Å². The molecular formula is C23H26N4O2. The molecule has 3 aromatic rings. The topological polar surface area (TPSA) is 67.3 Å². The van der Waals surface area contributed by atoms with Crippen molar-refractivity contribution in [3.05, 3.63) is 66.4 Å². The Morgan fingerprint density at radius 2 is 1.66 bits per heavy atom. The molecule has 0 aliphatic carbocycles. The summed E-state index contributed by atoms with van der Waals surface area (Å²) in [6, 6.07) is 18.8. The molecule has 0 bridgehead atoms. The summed E-state index contributed by atoms with van der Waals surface area (Å²) in [6.45, 7) is 8.12. The molecule has 0 spiro atoms. The van der Waals surface area contributed by atoms with Crippen LogP contribution in [-0.4, -0.2) is 35.6 Å². The Morgan fingerprint density at radius 1 is 0.966 bits per heavy atom. The lowest BCUT2D eigenvalue weighted by atomic mass is 10.2. The molecule has 0 fully saturated rings. The fourth-order valence-electron chi connectivity index (χ4n) is 3.01. The molecule has 150 valence electrons. The predicted octanol–water partition coefficient (Wildman–Crippen LogP) is 4.64. The van der Waals surface area contributed by atoms with Crippen molar-refractivity contribution in [2.75, 3.05) is 29.9 Å². The maximum atomic E-state index is 13.0. The molecule has 0 saturated carbocycles. The third kappa shape index (κ3) is 4.90. The van der Waals surface area contributed by atoms with Gasteiger partial charge in [-0.25, -0.2) is 9.97 Å². The van der Waals surface area contributed by atoms with Crippen molar-refractivity contribution in [2.24, 2.45) is 0 Å². The number of para-hydroxylation sites is 2. The summed E-state index contributed by atoms with van der Waals surface area (Å²) < 4.78 is 5.61. The maximum Gasteiger partial charge on any atom is 0.274 e. The highest BCUT2D eigenvalue weighted by Crippen LogP contribution is 2.25. The van der Waals surface area contributed by atoms with Crippen molar-refractivity contribution in [1.82, 2.24) is 9.97 Å². The van der Waals surface area contributed by atoms with Gasteiger partial charge in [-0.3, -0.25) is 4.79 Å². The minimum atomic E-state index is -0.301. The summed E-state index contributed by atoms with van der Waals surface area (Å²) in [5.41, 5.74) is 1.79. The first-order chi connectivity index (χ1) is 14.2. The molecule has 3 rings (SSSR count). The fraction of sp³-hybridized carbons (Fsp3) is 0.261. The number of nitrogens with zero attached hydrogens (tertiary/aromatic N) is 3. The van der Waals surface area contributed by atoms with Gasteiger partial charge >= 0.3 is 0 Å². The smallest absolute Gasteiger partial charge is 0.274 e. The molecule has 6 heteroatoms. The lowest BCUT2D eigenvalue weighted by Gasteiger charge is -2.21. The van der Waals surface area contributed by atoms with Gasteiger partial charge in [0.2, 0.25) is 0 Å². The molecular weight excluding hydrogens is 364 g/mol. The van der Waals surface area contributed by atoms with Crippen molar-refractivity contribution in [1.29, 1.82) is 0 Å². The summed E-state index contributed by atoms with van der Waals surface area (Å²) in [5.74, 6) is 1.58. The number of ether oxygens (including phenoxy) is 1. The Kier molecular flexibility index (Phi) is 6.79. The second-order valence-electron chi connectivity index (χ2n) is 6.36. The van der Waals surface area contributed by atoms with Crippen LogP contribution in [0.15, 0.2) is 60.7 Å². The molecule has 0 saturated heterocycles. The summed E-state index contributed by atoms with van der Waals surface area (Å²) in [6.07, 6.45) is 0. The second-order valence-corrected chi connectivity index (χ2v) is 6.36. The fourth-order valence-corrected chi connectivity index (χ4v) is 3.01. The van der Waals surface area contributed by atoms with Crippen LogP contribution in [0.2, 0.25) is 0 Å². The Balaban J connectivity index is 1.99. The first kappa shape index (κ1) is 20.3. The van der Waals surface area contributed by atoms with Crippen LogP contribution in [-0.2, 0) is 0 Å². The predicted molar refractivity (Wildman–Crippen MR) is 117 cm³/mol. The first-order valence-electron chi connectivity index (χ1n) is 9.88. The first-order valence-corrected chi connectivity index (χ1v) is 9.88. The average molecular weight is 390 g/mol. The van der Waals surface area contributed by atoms with Crippen LogP contribution in [0.1, 0.15) is 31.3 Å². The Hall–Kier alpha value is -3.41. The number of hydrogen-bond acceptors (Lipinski definition) is 5. The summed E-state index contributed by atoms with van der Waals surface area (Å²) in [7, 11) is 0. The maximum absolute atomic E-state index is 13.0. The van der Waals surface area contributed by atoms with E-state index in [0.717, 1.165) is 24.5 Å². The number of anilines is 2. The van der Waals surface area contributed by atoms with Crippen LogP contribution in [0.4, 0.5) is 11.5 Å². The molecule has 1 N–H and O–H groups in total. The molecule has 1 amide bonds. The van der Waals surface area contributed by atoms with Gasteiger partial charge in [0.25, 0.3) is 5.91 Å². The number of nitrogens with one attached hydrogen (secondary N) is 1. The molecule has 29 heavy (non-hydrogen) atoms. The summed E-state index contributed by atoms with van der Waals surface area (Å²) in [4.78, 5) is 24.4. The van der Waals surface area contributed by atoms with E-state index in [2.05, 4.69) is 29.0 Å². The van der Waals surface area contributed by atoms with Crippen molar-refractivity contribution in [3.8, 4) is 17.1 Å². The van der Waals surface area contributed by atoms with Gasteiger partial charge < -0.3 is 15.0 Å². The lowest BCUT2D eigenvalue weighted by Crippen LogP contribution is -2.24. The van der Waals surface area contributed by atoms with Crippen molar-refractivity contribution < 1.29 is 9.53 Å². The number of benzene rings is 2. The minimum absolute atomic E-state index is 0.301. The zero-order valence-corrected chi connectivity index (χ0v) is 17.1. The molecule has 0 aliphatic heterocycles. The van der Waals surface area contributed by atoms with Crippen molar-refractivity contribution >= 4 is 17.4 Å². The van der Waals surface area contributed by atoms with Crippen LogP contribution in [0, 0.1) is 0 Å². The molecule has 0 radical (unpaired) electrons. The minimum Gasteiger partial charge on any atom is -0.492 e. The zero-order chi connectivity index (χ0) is 20.6. The molecule has 1 aromatic heterocycles. The quantitative estimate of drug-likeness (QED) is 0.607. The average Bonchev–Trinajstić information content (AvgIpc) is 2.76. The third-order valence-corrected chi connectivity index (χ3v) is 4.50. The van der Waals surface area contributed by atoms with Crippen LogP contribution in [0.3, 0.4) is 0 Å². The highest BCUT2D eigenvalue weighted by atomic mass is 16.5. The molecule has 6 nitrogen and oxygen atoms in total. The number of carbonyl (C=O) groups is 1. The SMILES string of the molecule is CCOc1ccccc1NC(=O)c1cc(N(CC)CC)nc(-c2ccccc2)n1. The van der Waals surface area contributed by atoms with Gasteiger partial charge in [-0.05, 0) is 32.9 Å². The van der Waals surface area contributed by atoms with Crippen molar-refractivity contribution in [2.45, 2.75) is 20.8 Å². The Bertz CT molecular complexity index is 956. The van der Waals surface area contributed by atoms with Gasteiger partial charge in [-0.1, -0.05) is 42.5 Å². The largest absolute Gasteiger partial charge is 0.492 e. The van der Waals surface area contributed by atoms with Crippen LogP contribution in [0.5, 0.6) is 5.75 Å². The van der Waals surface area contributed by atoms with E-state index in [1.54, 1.807) is 6.07 Å².